The minimum atomic E-state index is -0.126. The summed E-state index contributed by atoms with van der Waals surface area (Å²) < 4.78 is 7.31. The maximum atomic E-state index is 12.7. The number of aromatic nitrogens is 3. The van der Waals surface area contributed by atoms with Gasteiger partial charge >= 0.3 is 0 Å². The Morgan fingerprint density at radius 3 is 2.74 bits per heavy atom. The summed E-state index contributed by atoms with van der Waals surface area (Å²) in [5.74, 6) is 1.70. The normalized spacial score (nSPS) is 14.6. The Hall–Kier alpha value is -2.93. The Labute approximate surface area is 158 Å². The molecule has 0 unspecified atom stereocenters. The molecule has 0 fully saturated rings. The first kappa shape index (κ1) is 17.5. The fourth-order valence-corrected chi connectivity index (χ4v) is 3.48. The number of nitrogens with one attached hydrogen (secondary N) is 1. The monoisotopic (exact) mass is 365 g/mol. The van der Waals surface area contributed by atoms with Crippen molar-refractivity contribution < 1.29 is 9.32 Å². The van der Waals surface area contributed by atoms with Crippen molar-refractivity contribution in [3.05, 3.63) is 65.1 Å². The van der Waals surface area contributed by atoms with Gasteiger partial charge in [0.25, 0.3) is 5.91 Å². The molecule has 3 aromatic rings. The van der Waals surface area contributed by atoms with Gasteiger partial charge in [0, 0.05) is 43.9 Å². The number of hydrogen-bond donors (Lipinski definition) is 1. The summed E-state index contributed by atoms with van der Waals surface area (Å²) >= 11 is 0. The molecule has 7 heteroatoms. The van der Waals surface area contributed by atoms with Gasteiger partial charge in [-0.25, -0.2) is 4.98 Å². The second kappa shape index (κ2) is 7.36. The molecule has 1 N–H and O–H groups in total. The van der Waals surface area contributed by atoms with E-state index >= 15 is 0 Å². The molecule has 0 saturated heterocycles. The van der Waals surface area contributed by atoms with Crippen molar-refractivity contribution in [3.63, 3.8) is 0 Å². The van der Waals surface area contributed by atoms with Gasteiger partial charge < -0.3 is 14.4 Å². The van der Waals surface area contributed by atoms with Crippen molar-refractivity contribution in [1.82, 2.24) is 19.6 Å². The van der Waals surface area contributed by atoms with E-state index in [1.54, 1.807) is 6.20 Å². The first-order chi connectivity index (χ1) is 13.1. The van der Waals surface area contributed by atoms with E-state index in [4.69, 9.17) is 4.52 Å². The Kier molecular flexibility index (Phi) is 4.77. The van der Waals surface area contributed by atoms with Crippen LogP contribution in [0.1, 0.15) is 33.3 Å². The van der Waals surface area contributed by atoms with E-state index in [2.05, 4.69) is 20.4 Å². The second-order valence-corrected chi connectivity index (χ2v) is 6.86. The lowest BCUT2D eigenvalue weighted by molar-refractivity contribution is 0.101. The number of hydrogen-bond acceptors (Lipinski definition) is 5. The molecule has 1 aliphatic rings. The lowest BCUT2D eigenvalue weighted by Crippen LogP contribution is -2.27. The number of aryl methyl sites for hydroxylation is 2. The zero-order valence-electron chi connectivity index (χ0n) is 15.6. The van der Waals surface area contributed by atoms with E-state index in [0.717, 1.165) is 61.1 Å². The second-order valence-electron chi connectivity index (χ2n) is 6.86. The highest BCUT2D eigenvalue weighted by atomic mass is 16.5. The van der Waals surface area contributed by atoms with Crippen LogP contribution in [-0.2, 0) is 19.5 Å². The first-order valence-electron chi connectivity index (χ1n) is 9.16. The number of carbonyl (C=O) groups excluding carboxylic acids is 1. The van der Waals surface area contributed by atoms with Gasteiger partial charge in [0.05, 0.1) is 11.9 Å². The molecular weight excluding hydrogens is 342 g/mol. The largest absolute Gasteiger partial charge is 0.361 e. The molecule has 0 atom stereocenters. The van der Waals surface area contributed by atoms with E-state index in [-0.39, 0.29) is 5.91 Å². The quantitative estimate of drug-likeness (QED) is 0.769. The van der Waals surface area contributed by atoms with Crippen LogP contribution in [-0.4, -0.2) is 38.6 Å². The highest BCUT2D eigenvalue weighted by Crippen LogP contribution is 2.18. The van der Waals surface area contributed by atoms with Crippen LogP contribution >= 0.6 is 0 Å². The average Bonchev–Trinajstić information content (AvgIpc) is 3.15. The van der Waals surface area contributed by atoms with Gasteiger partial charge in [0.2, 0.25) is 0 Å². The Morgan fingerprint density at radius 1 is 1.19 bits per heavy atom. The van der Waals surface area contributed by atoms with Crippen LogP contribution in [0.5, 0.6) is 0 Å². The molecular formula is C20H23N5O2. The predicted octanol–water partition coefficient (Wildman–Crippen LogP) is 2.80. The van der Waals surface area contributed by atoms with E-state index in [1.165, 1.54) is 0 Å². The molecule has 1 aliphatic heterocycles. The van der Waals surface area contributed by atoms with E-state index in [1.807, 2.05) is 48.7 Å². The van der Waals surface area contributed by atoms with Gasteiger partial charge in [-0.1, -0.05) is 23.4 Å². The third-order valence-corrected chi connectivity index (χ3v) is 5.06. The molecule has 0 spiro atoms. The molecule has 0 saturated carbocycles. The molecule has 0 bridgehead atoms. The van der Waals surface area contributed by atoms with Crippen molar-refractivity contribution in [3.8, 4) is 0 Å². The van der Waals surface area contributed by atoms with Gasteiger partial charge in [-0.2, -0.15) is 0 Å². The van der Waals surface area contributed by atoms with Crippen LogP contribution in [0, 0.1) is 13.8 Å². The fraction of sp³-hybridized carbons (Fsp3) is 0.350. The van der Waals surface area contributed by atoms with Gasteiger partial charge in [-0.05, 0) is 26.0 Å². The minimum absolute atomic E-state index is 0.126. The summed E-state index contributed by atoms with van der Waals surface area (Å²) in [7, 11) is 0. The molecule has 1 amide bonds. The third kappa shape index (κ3) is 3.64. The van der Waals surface area contributed by atoms with Gasteiger partial charge in [0.15, 0.2) is 0 Å². The van der Waals surface area contributed by atoms with Gasteiger partial charge in [0.1, 0.15) is 17.3 Å². The van der Waals surface area contributed by atoms with Crippen LogP contribution in [0.4, 0.5) is 5.69 Å². The lowest BCUT2D eigenvalue weighted by atomic mass is 10.2. The molecule has 0 radical (unpaired) electrons. The Bertz CT molecular complexity index is 925. The number of fused-ring (bicyclic) bond motifs is 1. The van der Waals surface area contributed by atoms with Crippen molar-refractivity contribution in [1.29, 1.82) is 0 Å². The van der Waals surface area contributed by atoms with Crippen LogP contribution in [0.2, 0.25) is 0 Å². The van der Waals surface area contributed by atoms with Crippen molar-refractivity contribution >= 4 is 11.6 Å². The standard InChI is InChI=1S/C20H23N5O2/c1-14-17(15(2)27-23-14)13-24-9-8-19-21-12-18(25(19)11-10-24)20(26)22-16-6-4-3-5-7-16/h3-7,12H,8-11,13H2,1-2H3,(H,22,26). The smallest absolute Gasteiger partial charge is 0.273 e. The summed E-state index contributed by atoms with van der Waals surface area (Å²) in [6, 6.07) is 9.48. The van der Waals surface area contributed by atoms with E-state index in [9.17, 15) is 4.79 Å². The number of carbonyl (C=O) groups is 1. The zero-order valence-corrected chi connectivity index (χ0v) is 15.6. The predicted molar refractivity (Wildman–Crippen MR) is 102 cm³/mol. The molecule has 3 heterocycles. The Balaban J connectivity index is 1.46. The van der Waals surface area contributed by atoms with Crippen molar-refractivity contribution in [2.45, 2.75) is 33.4 Å². The summed E-state index contributed by atoms with van der Waals surface area (Å²) in [4.78, 5) is 19.5. The highest BCUT2D eigenvalue weighted by molar-refractivity contribution is 6.03. The molecule has 4 rings (SSSR count). The first-order valence-corrected chi connectivity index (χ1v) is 9.16. The van der Waals surface area contributed by atoms with Gasteiger partial charge in [-0.3, -0.25) is 9.69 Å². The fourth-order valence-electron chi connectivity index (χ4n) is 3.48. The molecule has 2 aromatic heterocycles. The number of rotatable bonds is 4. The van der Waals surface area contributed by atoms with Crippen LogP contribution in [0.15, 0.2) is 41.1 Å². The summed E-state index contributed by atoms with van der Waals surface area (Å²) in [6.07, 6.45) is 2.49. The minimum Gasteiger partial charge on any atom is -0.361 e. The summed E-state index contributed by atoms with van der Waals surface area (Å²) in [5.41, 5.74) is 3.48. The number of anilines is 1. The number of benzene rings is 1. The highest BCUT2D eigenvalue weighted by Gasteiger charge is 2.22. The molecule has 0 aliphatic carbocycles. The average molecular weight is 365 g/mol. The van der Waals surface area contributed by atoms with Crippen molar-refractivity contribution in [2.75, 3.05) is 18.4 Å². The molecule has 7 nitrogen and oxygen atoms in total. The SMILES string of the molecule is Cc1noc(C)c1CN1CCc2ncc(C(=O)Nc3ccccc3)n2CC1. The molecule has 27 heavy (non-hydrogen) atoms. The Morgan fingerprint density at radius 2 is 2.00 bits per heavy atom. The van der Waals surface area contributed by atoms with Gasteiger partial charge in [-0.15, -0.1) is 0 Å². The van der Waals surface area contributed by atoms with Crippen LogP contribution in [0.3, 0.4) is 0 Å². The lowest BCUT2D eigenvalue weighted by Gasteiger charge is -2.19. The number of para-hydroxylation sites is 1. The third-order valence-electron chi connectivity index (χ3n) is 5.06. The summed E-state index contributed by atoms with van der Waals surface area (Å²) in [6.45, 7) is 7.19. The molecule has 1 aromatic carbocycles. The maximum absolute atomic E-state index is 12.7. The maximum Gasteiger partial charge on any atom is 0.273 e. The topological polar surface area (TPSA) is 76.2 Å². The van der Waals surface area contributed by atoms with Crippen molar-refractivity contribution in [2.24, 2.45) is 0 Å². The van der Waals surface area contributed by atoms with Crippen LogP contribution < -0.4 is 5.32 Å². The zero-order chi connectivity index (χ0) is 18.8. The van der Waals surface area contributed by atoms with E-state index in [0.29, 0.717) is 5.69 Å². The number of amides is 1. The van der Waals surface area contributed by atoms with Crippen LogP contribution in [0.25, 0.3) is 0 Å². The molecule has 140 valence electrons. The van der Waals surface area contributed by atoms with E-state index < -0.39 is 0 Å². The summed E-state index contributed by atoms with van der Waals surface area (Å²) in [5, 5.41) is 6.98. The number of imidazole rings is 1. The number of nitrogens with zero attached hydrogens (tertiary/aromatic N) is 4.